The molecular weight excluding hydrogens is 266 g/mol. The number of nitrogens with zero attached hydrogens (tertiary/aromatic N) is 1. The first-order valence-electron chi connectivity index (χ1n) is 6.78. The van der Waals surface area contributed by atoms with E-state index in [1.165, 1.54) is 12.1 Å². The summed E-state index contributed by atoms with van der Waals surface area (Å²) in [5.41, 5.74) is -0.0596. The van der Waals surface area contributed by atoms with Gasteiger partial charge in [0.1, 0.15) is 0 Å². The van der Waals surface area contributed by atoms with Gasteiger partial charge in [0, 0.05) is 23.7 Å². The van der Waals surface area contributed by atoms with Crippen LogP contribution >= 0.6 is 0 Å². The molecule has 1 unspecified atom stereocenters. The monoisotopic (exact) mass is 286 g/mol. The van der Waals surface area contributed by atoms with E-state index in [2.05, 4.69) is 5.32 Å². The molecule has 1 atom stereocenters. The van der Waals surface area contributed by atoms with Gasteiger partial charge in [-0.25, -0.2) is 8.78 Å². The van der Waals surface area contributed by atoms with Crippen molar-refractivity contribution in [1.29, 1.82) is 0 Å². The normalized spacial score (nSPS) is 12.7. The summed E-state index contributed by atoms with van der Waals surface area (Å²) in [5, 5.41) is 13.9. The van der Waals surface area contributed by atoms with Crippen LogP contribution in [-0.4, -0.2) is 17.5 Å². The molecule has 0 saturated heterocycles. The second-order valence-electron chi connectivity index (χ2n) is 4.70. The Balaban J connectivity index is 2.95. The van der Waals surface area contributed by atoms with Crippen LogP contribution in [0, 0.1) is 10.1 Å². The van der Waals surface area contributed by atoms with E-state index in [4.69, 9.17) is 0 Å². The molecule has 0 fully saturated rings. The van der Waals surface area contributed by atoms with Crippen molar-refractivity contribution in [2.45, 2.75) is 45.6 Å². The Labute approximate surface area is 117 Å². The topological polar surface area (TPSA) is 55.2 Å². The fourth-order valence-corrected chi connectivity index (χ4v) is 2.06. The molecule has 0 spiro atoms. The van der Waals surface area contributed by atoms with Crippen molar-refractivity contribution in [3.63, 3.8) is 0 Å². The molecule has 0 aliphatic carbocycles. The van der Waals surface area contributed by atoms with Gasteiger partial charge in [-0.05, 0) is 31.4 Å². The summed E-state index contributed by atoms with van der Waals surface area (Å²) in [6.07, 6.45) is -0.458. The first kappa shape index (κ1) is 16.5. The number of rotatable bonds is 8. The Morgan fingerprint density at radius 3 is 2.55 bits per heavy atom. The van der Waals surface area contributed by atoms with Gasteiger partial charge in [0.25, 0.3) is 12.1 Å². The third kappa shape index (κ3) is 4.52. The summed E-state index contributed by atoms with van der Waals surface area (Å²) in [6.45, 7) is 4.85. The standard InChI is InChI=1S/C14H20F2N2O2/c1-3-7-17-11(4-2)8-10-5-6-12(18(19)20)9-13(10)14(15)16/h5-6,9,11,14,17H,3-4,7-8H2,1-2H3. The van der Waals surface area contributed by atoms with Gasteiger partial charge in [-0.3, -0.25) is 10.1 Å². The minimum atomic E-state index is -2.70. The first-order valence-corrected chi connectivity index (χ1v) is 6.78. The third-order valence-electron chi connectivity index (χ3n) is 3.22. The Hall–Kier alpha value is -1.56. The molecule has 0 bridgehead atoms. The van der Waals surface area contributed by atoms with E-state index >= 15 is 0 Å². The lowest BCUT2D eigenvalue weighted by Crippen LogP contribution is -2.31. The van der Waals surface area contributed by atoms with E-state index in [-0.39, 0.29) is 17.3 Å². The molecule has 0 saturated carbocycles. The fraction of sp³-hybridized carbons (Fsp3) is 0.571. The van der Waals surface area contributed by atoms with Crippen LogP contribution in [0.25, 0.3) is 0 Å². The van der Waals surface area contributed by atoms with Gasteiger partial charge in [-0.1, -0.05) is 19.9 Å². The van der Waals surface area contributed by atoms with Crippen molar-refractivity contribution in [3.8, 4) is 0 Å². The third-order valence-corrected chi connectivity index (χ3v) is 3.22. The van der Waals surface area contributed by atoms with Gasteiger partial charge >= 0.3 is 0 Å². The maximum Gasteiger partial charge on any atom is 0.269 e. The molecule has 0 radical (unpaired) electrons. The number of hydrogen-bond donors (Lipinski definition) is 1. The second kappa shape index (κ2) is 7.89. The summed E-state index contributed by atoms with van der Waals surface area (Å²) >= 11 is 0. The minimum absolute atomic E-state index is 0.105. The lowest BCUT2D eigenvalue weighted by atomic mass is 9.98. The minimum Gasteiger partial charge on any atom is -0.314 e. The maximum atomic E-state index is 13.0. The van der Waals surface area contributed by atoms with E-state index in [1.54, 1.807) is 0 Å². The quantitative estimate of drug-likeness (QED) is 0.583. The molecule has 112 valence electrons. The highest BCUT2D eigenvalue weighted by Crippen LogP contribution is 2.28. The molecular formula is C14H20F2N2O2. The Morgan fingerprint density at radius 1 is 1.35 bits per heavy atom. The summed E-state index contributed by atoms with van der Waals surface area (Å²) < 4.78 is 26.1. The van der Waals surface area contributed by atoms with E-state index in [9.17, 15) is 18.9 Å². The van der Waals surface area contributed by atoms with Crippen molar-refractivity contribution in [2.75, 3.05) is 6.54 Å². The van der Waals surface area contributed by atoms with Crippen LogP contribution < -0.4 is 5.32 Å². The number of nitrogens with one attached hydrogen (secondary N) is 1. The Bertz CT molecular complexity index is 453. The zero-order valence-corrected chi connectivity index (χ0v) is 11.7. The average molecular weight is 286 g/mol. The maximum absolute atomic E-state index is 13.0. The number of hydrogen-bond acceptors (Lipinski definition) is 3. The molecule has 1 N–H and O–H groups in total. The summed E-state index contributed by atoms with van der Waals surface area (Å²) in [7, 11) is 0. The SMILES string of the molecule is CCCNC(CC)Cc1ccc([N+](=O)[O-])cc1C(F)F. The molecule has 1 aromatic rings. The predicted octanol–water partition coefficient (Wildman–Crippen LogP) is 3.85. The van der Waals surface area contributed by atoms with Crippen LogP contribution in [0.15, 0.2) is 18.2 Å². The molecule has 0 aliphatic heterocycles. The largest absolute Gasteiger partial charge is 0.314 e. The second-order valence-corrected chi connectivity index (χ2v) is 4.70. The number of nitro benzene ring substituents is 1. The predicted molar refractivity (Wildman–Crippen MR) is 74.1 cm³/mol. The van der Waals surface area contributed by atoms with Crippen molar-refractivity contribution in [1.82, 2.24) is 5.32 Å². The molecule has 6 heteroatoms. The van der Waals surface area contributed by atoms with Gasteiger partial charge in [0.15, 0.2) is 0 Å². The van der Waals surface area contributed by atoms with E-state index in [0.29, 0.717) is 12.0 Å². The average Bonchev–Trinajstić information content (AvgIpc) is 2.43. The van der Waals surface area contributed by atoms with Crippen LogP contribution in [0.2, 0.25) is 0 Å². The van der Waals surface area contributed by atoms with Crippen molar-refractivity contribution < 1.29 is 13.7 Å². The molecule has 1 aromatic carbocycles. The number of alkyl halides is 2. The lowest BCUT2D eigenvalue weighted by Gasteiger charge is -2.18. The van der Waals surface area contributed by atoms with E-state index < -0.39 is 11.3 Å². The van der Waals surface area contributed by atoms with Gasteiger partial charge in [-0.15, -0.1) is 0 Å². The van der Waals surface area contributed by atoms with Crippen LogP contribution in [0.3, 0.4) is 0 Å². The van der Waals surface area contributed by atoms with Crippen molar-refractivity contribution in [3.05, 3.63) is 39.4 Å². The summed E-state index contributed by atoms with van der Waals surface area (Å²) in [5.74, 6) is 0. The van der Waals surface area contributed by atoms with Crippen LogP contribution in [0.1, 0.15) is 44.2 Å². The van der Waals surface area contributed by atoms with Gasteiger partial charge < -0.3 is 5.32 Å². The van der Waals surface area contributed by atoms with Gasteiger partial charge in [0.05, 0.1) is 4.92 Å². The molecule has 0 aliphatic rings. The molecule has 0 amide bonds. The van der Waals surface area contributed by atoms with Crippen molar-refractivity contribution >= 4 is 5.69 Å². The lowest BCUT2D eigenvalue weighted by molar-refractivity contribution is -0.385. The van der Waals surface area contributed by atoms with Crippen LogP contribution in [-0.2, 0) is 6.42 Å². The Morgan fingerprint density at radius 2 is 2.05 bits per heavy atom. The van der Waals surface area contributed by atoms with E-state index in [1.807, 2.05) is 13.8 Å². The van der Waals surface area contributed by atoms with Crippen molar-refractivity contribution in [2.24, 2.45) is 0 Å². The Kier molecular flexibility index (Phi) is 6.51. The van der Waals surface area contributed by atoms with Crippen LogP contribution in [0.4, 0.5) is 14.5 Å². The zero-order chi connectivity index (χ0) is 15.1. The molecule has 0 aromatic heterocycles. The van der Waals surface area contributed by atoms with Gasteiger partial charge in [0.2, 0.25) is 0 Å². The summed E-state index contributed by atoms with van der Waals surface area (Å²) in [4.78, 5) is 10.0. The molecule has 0 heterocycles. The number of non-ortho nitro benzene ring substituents is 1. The number of nitro groups is 1. The van der Waals surface area contributed by atoms with E-state index in [0.717, 1.165) is 25.5 Å². The summed E-state index contributed by atoms with van der Waals surface area (Å²) in [6, 6.07) is 3.81. The van der Waals surface area contributed by atoms with Crippen LogP contribution in [0.5, 0.6) is 0 Å². The molecule has 4 nitrogen and oxygen atoms in total. The molecule has 20 heavy (non-hydrogen) atoms. The fourth-order valence-electron chi connectivity index (χ4n) is 2.06. The highest BCUT2D eigenvalue weighted by atomic mass is 19.3. The highest BCUT2D eigenvalue weighted by Gasteiger charge is 2.19. The highest BCUT2D eigenvalue weighted by molar-refractivity contribution is 5.41. The smallest absolute Gasteiger partial charge is 0.269 e. The first-order chi connectivity index (χ1) is 9.49. The molecule has 1 rings (SSSR count). The zero-order valence-electron chi connectivity index (χ0n) is 11.7. The van der Waals surface area contributed by atoms with Gasteiger partial charge in [-0.2, -0.15) is 0 Å². The number of halogens is 2. The number of benzene rings is 1.